The zero-order chi connectivity index (χ0) is 9.68. The molecule has 0 aliphatic heterocycles. The van der Waals surface area contributed by atoms with Crippen LogP contribution < -0.4 is 0 Å². The zero-order valence-corrected chi connectivity index (χ0v) is 7.39. The molecular weight excluding hydrogens is 172 g/mol. The van der Waals surface area contributed by atoms with Crippen LogP contribution in [-0.2, 0) is 6.42 Å². The summed E-state index contributed by atoms with van der Waals surface area (Å²) >= 11 is 0. The van der Waals surface area contributed by atoms with Gasteiger partial charge in [-0.3, -0.25) is 4.98 Å². The maximum Gasteiger partial charge on any atom is 0.180 e. The number of halogens is 2. The Morgan fingerprint density at radius 1 is 1.31 bits per heavy atom. The van der Waals surface area contributed by atoms with Gasteiger partial charge in [0.1, 0.15) is 0 Å². The zero-order valence-electron chi connectivity index (χ0n) is 7.39. The fraction of sp³-hybridized carbons (Fsp3) is 0.400. The molecule has 1 heterocycles. The number of pyridine rings is 1. The molecular formula is C10H12F2N. The SMILES string of the molecule is [CH2]CCCCc1nccc(F)c1F. The van der Waals surface area contributed by atoms with Crippen molar-refractivity contribution in [3.63, 3.8) is 0 Å². The smallest absolute Gasteiger partial charge is 0.180 e. The van der Waals surface area contributed by atoms with Gasteiger partial charge in [0.2, 0.25) is 0 Å². The molecule has 0 bridgehead atoms. The predicted octanol–water partition coefficient (Wildman–Crippen LogP) is 2.91. The fourth-order valence-corrected chi connectivity index (χ4v) is 1.10. The molecule has 0 saturated heterocycles. The number of rotatable bonds is 4. The van der Waals surface area contributed by atoms with Gasteiger partial charge in [-0.2, -0.15) is 0 Å². The van der Waals surface area contributed by atoms with Crippen LogP contribution in [0.15, 0.2) is 12.3 Å². The van der Waals surface area contributed by atoms with Crippen LogP contribution in [0.2, 0.25) is 0 Å². The van der Waals surface area contributed by atoms with Gasteiger partial charge in [-0.15, -0.1) is 0 Å². The van der Waals surface area contributed by atoms with Gasteiger partial charge in [0.15, 0.2) is 11.6 Å². The number of hydrogen-bond donors (Lipinski definition) is 0. The maximum atomic E-state index is 13.0. The van der Waals surface area contributed by atoms with Gasteiger partial charge in [0.25, 0.3) is 0 Å². The molecule has 0 atom stereocenters. The summed E-state index contributed by atoms with van der Waals surface area (Å²) in [7, 11) is 0. The monoisotopic (exact) mass is 184 g/mol. The summed E-state index contributed by atoms with van der Waals surface area (Å²) in [5.41, 5.74) is 0.216. The average Bonchev–Trinajstić information content (AvgIpc) is 2.13. The standard InChI is InChI=1S/C10H12F2N/c1-2-3-4-5-9-10(12)8(11)6-7-13-9/h6-7H,1-5H2. The summed E-state index contributed by atoms with van der Waals surface area (Å²) in [5, 5.41) is 0. The molecule has 3 heteroatoms. The Hall–Kier alpha value is -0.990. The lowest BCUT2D eigenvalue weighted by Gasteiger charge is -2.01. The highest BCUT2D eigenvalue weighted by Gasteiger charge is 2.07. The van der Waals surface area contributed by atoms with E-state index in [9.17, 15) is 8.78 Å². The number of unbranched alkanes of at least 4 members (excludes halogenated alkanes) is 2. The molecule has 0 N–H and O–H groups in total. The van der Waals surface area contributed by atoms with Crippen LogP contribution in [0, 0.1) is 18.6 Å². The number of aromatic nitrogens is 1. The summed E-state index contributed by atoms with van der Waals surface area (Å²) in [6, 6.07) is 1.03. The Labute approximate surface area is 76.8 Å². The van der Waals surface area contributed by atoms with Crippen molar-refractivity contribution in [3.05, 3.63) is 36.5 Å². The third-order valence-corrected chi connectivity index (χ3v) is 1.83. The molecule has 0 amide bonds. The highest BCUT2D eigenvalue weighted by Crippen LogP contribution is 2.11. The van der Waals surface area contributed by atoms with E-state index in [1.165, 1.54) is 6.20 Å². The van der Waals surface area contributed by atoms with E-state index in [-0.39, 0.29) is 5.69 Å². The summed E-state index contributed by atoms with van der Waals surface area (Å²) in [4.78, 5) is 3.78. The van der Waals surface area contributed by atoms with Crippen molar-refractivity contribution < 1.29 is 8.78 Å². The number of nitrogens with zero attached hydrogens (tertiary/aromatic N) is 1. The van der Waals surface area contributed by atoms with Gasteiger partial charge in [-0.05, 0) is 18.9 Å². The first-order chi connectivity index (χ1) is 6.25. The average molecular weight is 184 g/mol. The molecule has 71 valence electrons. The lowest BCUT2D eigenvalue weighted by atomic mass is 10.1. The molecule has 0 spiro atoms. The van der Waals surface area contributed by atoms with Crippen molar-refractivity contribution in [2.45, 2.75) is 25.7 Å². The van der Waals surface area contributed by atoms with Crippen LogP contribution in [-0.4, -0.2) is 4.98 Å². The van der Waals surface area contributed by atoms with Gasteiger partial charge < -0.3 is 0 Å². The fourth-order valence-electron chi connectivity index (χ4n) is 1.10. The Morgan fingerprint density at radius 3 is 2.77 bits per heavy atom. The predicted molar refractivity (Wildman–Crippen MR) is 47.1 cm³/mol. The van der Waals surface area contributed by atoms with Gasteiger partial charge in [-0.1, -0.05) is 19.8 Å². The Morgan fingerprint density at radius 2 is 2.08 bits per heavy atom. The second kappa shape index (κ2) is 4.90. The van der Waals surface area contributed by atoms with Crippen LogP contribution in [0.3, 0.4) is 0 Å². The van der Waals surface area contributed by atoms with E-state index in [4.69, 9.17) is 0 Å². The van der Waals surface area contributed by atoms with Crippen LogP contribution in [0.5, 0.6) is 0 Å². The first-order valence-electron chi connectivity index (χ1n) is 4.34. The minimum atomic E-state index is -0.820. The second-order valence-electron chi connectivity index (χ2n) is 2.86. The van der Waals surface area contributed by atoms with E-state index in [0.29, 0.717) is 6.42 Å². The van der Waals surface area contributed by atoms with E-state index in [2.05, 4.69) is 11.9 Å². The van der Waals surface area contributed by atoms with E-state index in [1.54, 1.807) is 0 Å². The molecule has 1 radical (unpaired) electrons. The van der Waals surface area contributed by atoms with Crippen LogP contribution in [0.25, 0.3) is 0 Å². The summed E-state index contributed by atoms with van der Waals surface area (Å²) in [5.74, 6) is -1.63. The third kappa shape index (κ3) is 2.76. The Kier molecular flexibility index (Phi) is 3.80. The third-order valence-electron chi connectivity index (χ3n) is 1.83. The minimum absolute atomic E-state index is 0.216. The van der Waals surface area contributed by atoms with Crippen molar-refractivity contribution >= 4 is 0 Å². The molecule has 0 unspecified atom stereocenters. The maximum absolute atomic E-state index is 13.0. The van der Waals surface area contributed by atoms with Crippen molar-refractivity contribution in [3.8, 4) is 0 Å². The normalized spacial score (nSPS) is 10.4. The molecule has 0 aliphatic rings. The van der Waals surface area contributed by atoms with E-state index in [1.807, 2.05) is 0 Å². The van der Waals surface area contributed by atoms with Crippen molar-refractivity contribution in [2.24, 2.45) is 0 Å². The lowest BCUT2D eigenvalue weighted by molar-refractivity contribution is 0.488. The Bertz CT molecular complexity index is 274. The Balaban J connectivity index is 2.61. The quantitative estimate of drug-likeness (QED) is 0.655. The first kappa shape index (κ1) is 10.1. The van der Waals surface area contributed by atoms with Crippen molar-refractivity contribution in [1.29, 1.82) is 0 Å². The second-order valence-corrected chi connectivity index (χ2v) is 2.86. The molecule has 0 fully saturated rings. The lowest BCUT2D eigenvalue weighted by Crippen LogP contribution is -1.97. The van der Waals surface area contributed by atoms with Gasteiger partial charge >= 0.3 is 0 Å². The highest BCUT2D eigenvalue weighted by molar-refractivity contribution is 5.09. The first-order valence-corrected chi connectivity index (χ1v) is 4.34. The summed E-state index contributed by atoms with van der Waals surface area (Å²) < 4.78 is 25.6. The minimum Gasteiger partial charge on any atom is -0.258 e. The highest BCUT2D eigenvalue weighted by atomic mass is 19.2. The van der Waals surface area contributed by atoms with E-state index < -0.39 is 11.6 Å². The van der Waals surface area contributed by atoms with Crippen LogP contribution in [0.1, 0.15) is 25.0 Å². The summed E-state index contributed by atoms with van der Waals surface area (Å²) in [6.07, 6.45) is 4.31. The van der Waals surface area contributed by atoms with Crippen LogP contribution >= 0.6 is 0 Å². The topological polar surface area (TPSA) is 12.9 Å². The molecule has 1 aromatic rings. The van der Waals surface area contributed by atoms with Crippen molar-refractivity contribution in [2.75, 3.05) is 0 Å². The summed E-state index contributed by atoms with van der Waals surface area (Å²) in [6.45, 7) is 3.67. The van der Waals surface area contributed by atoms with E-state index in [0.717, 1.165) is 25.3 Å². The molecule has 0 aromatic carbocycles. The van der Waals surface area contributed by atoms with Gasteiger partial charge in [-0.25, -0.2) is 8.78 Å². The van der Waals surface area contributed by atoms with Gasteiger partial charge in [0.05, 0.1) is 5.69 Å². The van der Waals surface area contributed by atoms with Gasteiger partial charge in [0, 0.05) is 6.20 Å². The number of hydrogen-bond acceptors (Lipinski definition) is 1. The molecule has 0 aliphatic carbocycles. The molecule has 13 heavy (non-hydrogen) atoms. The number of aryl methyl sites for hydroxylation is 1. The van der Waals surface area contributed by atoms with Crippen molar-refractivity contribution in [1.82, 2.24) is 4.98 Å². The molecule has 0 saturated carbocycles. The molecule has 1 rings (SSSR count). The van der Waals surface area contributed by atoms with Crippen LogP contribution in [0.4, 0.5) is 8.78 Å². The largest absolute Gasteiger partial charge is 0.258 e. The molecule has 1 nitrogen and oxygen atoms in total. The molecule has 1 aromatic heterocycles. The van der Waals surface area contributed by atoms with E-state index >= 15 is 0 Å².